The van der Waals surface area contributed by atoms with E-state index in [1.165, 1.54) is 7.11 Å². The average molecular weight is 573 g/mol. The van der Waals surface area contributed by atoms with Gasteiger partial charge in [0, 0.05) is 67.8 Å². The van der Waals surface area contributed by atoms with E-state index in [-0.39, 0.29) is 23.9 Å². The van der Waals surface area contributed by atoms with Gasteiger partial charge in [-0.2, -0.15) is 0 Å². The Hall–Kier alpha value is -4.15. The van der Waals surface area contributed by atoms with Gasteiger partial charge in [-0.05, 0) is 60.9 Å². The van der Waals surface area contributed by atoms with Crippen LogP contribution in [0, 0.1) is 0 Å². The van der Waals surface area contributed by atoms with E-state index in [0.717, 1.165) is 63.2 Å². The second kappa shape index (κ2) is 13.7. The molecular weight excluding hydrogens is 532 g/mol. The van der Waals surface area contributed by atoms with Gasteiger partial charge in [0.25, 0.3) is 11.8 Å². The van der Waals surface area contributed by atoms with Crippen LogP contribution in [0.4, 0.5) is 11.5 Å². The molecule has 1 saturated heterocycles. The maximum Gasteiger partial charge on any atom is 0.255 e. The molecule has 4 N–H and O–H groups in total. The number of nitrogens with zero attached hydrogens (tertiary/aromatic N) is 3. The lowest BCUT2D eigenvalue weighted by atomic mass is 9.91. The number of ether oxygens (including phenoxy) is 2. The maximum atomic E-state index is 13.4. The second-order valence-corrected chi connectivity index (χ2v) is 10.9. The lowest BCUT2D eigenvalue weighted by Gasteiger charge is -2.35. The summed E-state index contributed by atoms with van der Waals surface area (Å²) >= 11 is 0. The number of pyridine rings is 1. The van der Waals surface area contributed by atoms with E-state index < -0.39 is 0 Å². The first-order chi connectivity index (χ1) is 20.4. The molecule has 2 aromatic carbocycles. The first-order valence-corrected chi connectivity index (χ1v) is 14.6. The van der Waals surface area contributed by atoms with Crippen molar-refractivity contribution in [1.29, 1.82) is 0 Å². The van der Waals surface area contributed by atoms with E-state index in [4.69, 9.17) is 15.2 Å². The van der Waals surface area contributed by atoms with Gasteiger partial charge in [-0.1, -0.05) is 25.0 Å². The van der Waals surface area contributed by atoms with Crippen molar-refractivity contribution in [2.24, 2.45) is 5.73 Å². The monoisotopic (exact) mass is 572 g/mol. The first kappa shape index (κ1) is 29.3. The van der Waals surface area contributed by atoms with Crippen LogP contribution < -0.4 is 30.7 Å². The number of nitrogens with one attached hydrogen (secondary N) is 2. The van der Waals surface area contributed by atoms with Crippen LogP contribution in [0.1, 0.15) is 52.0 Å². The molecule has 2 unspecified atom stereocenters. The highest BCUT2D eigenvalue weighted by molar-refractivity contribution is 6.06. The van der Waals surface area contributed by atoms with Gasteiger partial charge in [-0.3, -0.25) is 14.5 Å². The van der Waals surface area contributed by atoms with E-state index in [2.05, 4.69) is 25.4 Å². The lowest BCUT2D eigenvalue weighted by Crippen LogP contribution is -2.49. The Labute approximate surface area is 247 Å². The lowest BCUT2D eigenvalue weighted by molar-refractivity contribution is 0.0920. The summed E-state index contributed by atoms with van der Waals surface area (Å²) in [5, 5.41) is 6.18. The fourth-order valence-corrected chi connectivity index (χ4v) is 5.65. The van der Waals surface area contributed by atoms with Crippen LogP contribution in [0.3, 0.4) is 0 Å². The van der Waals surface area contributed by atoms with Gasteiger partial charge < -0.3 is 30.7 Å². The molecule has 0 radical (unpaired) electrons. The molecule has 2 amide bonds. The Bertz CT molecular complexity index is 1380. The van der Waals surface area contributed by atoms with Crippen molar-refractivity contribution in [1.82, 2.24) is 15.2 Å². The molecule has 1 saturated carbocycles. The molecule has 1 aliphatic heterocycles. The van der Waals surface area contributed by atoms with Gasteiger partial charge in [0.1, 0.15) is 5.82 Å². The predicted molar refractivity (Wildman–Crippen MR) is 163 cm³/mol. The van der Waals surface area contributed by atoms with E-state index >= 15 is 0 Å². The summed E-state index contributed by atoms with van der Waals surface area (Å²) in [5.41, 5.74) is 8.72. The highest BCUT2D eigenvalue weighted by Gasteiger charge is 2.25. The molecule has 42 heavy (non-hydrogen) atoms. The SMILES string of the molecule is COc1ccc(C(=O)Nc2cc(C(=O)NC3CCCCC3N)ccc2CN2CCN(c3ccccn3)CC2)cc1OC. The van der Waals surface area contributed by atoms with Gasteiger partial charge in [-0.25, -0.2) is 4.98 Å². The number of carbonyl (C=O) groups is 2. The molecule has 10 nitrogen and oxygen atoms in total. The number of hydrogen-bond donors (Lipinski definition) is 3. The number of carbonyl (C=O) groups excluding carboxylic acids is 2. The first-order valence-electron chi connectivity index (χ1n) is 14.6. The summed E-state index contributed by atoms with van der Waals surface area (Å²) in [6.45, 7) is 4.04. The summed E-state index contributed by atoms with van der Waals surface area (Å²) < 4.78 is 10.7. The zero-order chi connectivity index (χ0) is 29.5. The van der Waals surface area contributed by atoms with Crippen LogP contribution in [0.25, 0.3) is 0 Å². The Morgan fingerprint density at radius 1 is 0.905 bits per heavy atom. The van der Waals surface area contributed by atoms with Crippen LogP contribution >= 0.6 is 0 Å². The van der Waals surface area contributed by atoms with E-state index in [1.807, 2.05) is 36.5 Å². The van der Waals surface area contributed by atoms with Crippen molar-refractivity contribution in [2.45, 2.75) is 44.3 Å². The predicted octanol–water partition coefficient (Wildman–Crippen LogP) is 3.67. The number of methoxy groups -OCH3 is 2. The second-order valence-electron chi connectivity index (χ2n) is 10.9. The van der Waals surface area contributed by atoms with Gasteiger partial charge in [0.05, 0.1) is 14.2 Å². The van der Waals surface area contributed by atoms with Crippen molar-refractivity contribution < 1.29 is 19.1 Å². The van der Waals surface area contributed by atoms with Crippen LogP contribution in [-0.4, -0.2) is 74.2 Å². The molecule has 10 heteroatoms. The minimum absolute atomic E-state index is 0.0454. The quantitative estimate of drug-likeness (QED) is 0.355. The van der Waals surface area contributed by atoms with Crippen LogP contribution in [0.2, 0.25) is 0 Å². The molecule has 2 atom stereocenters. The molecule has 0 spiro atoms. The molecule has 1 aliphatic carbocycles. The largest absolute Gasteiger partial charge is 0.493 e. The normalized spacial score (nSPS) is 19.2. The molecular formula is C32H40N6O4. The maximum absolute atomic E-state index is 13.4. The molecule has 2 aliphatic rings. The number of aromatic nitrogens is 1. The highest BCUT2D eigenvalue weighted by atomic mass is 16.5. The van der Waals surface area contributed by atoms with Gasteiger partial charge in [0.15, 0.2) is 11.5 Å². The smallest absolute Gasteiger partial charge is 0.255 e. The standard InChI is InChI=1S/C32H40N6O4/c1-41-28-13-12-23(20-29(28)42-2)32(40)36-27-19-22(31(39)35-26-8-4-3-7-25(26)33)10-11-24(27)21-37-15-17-38(18-16-37)30-9-5-6-14-34-30/h5-6,9-14,19-20,25-26H,3-4,7-8,15-18,21,33H2,1-2H3,(H,35,39)(H,36,40). The van der Waals surface area contributed by atoms with Crippen molar-refractivity contribution >= 4 is 23.3 Å². The van der Waals surface area contributed by atoms with E-state index in [1.54, 1.807) is 31.4 Å². The zero-order valence-electron chi connectivity index (χ0n) is 24.3. The molecule has 5 rings (SSSR count). The third-order valence-corrected chi connectivity index (χ3v) is 8.14. The van der Waals surface area contributed by atoms with E-state index in [9.17, 15) is 9.59 Å². The molecule has 2 fully saturated rings. The number of anilines is 2. The summed E-state index contributed by atoms with van der Waals surface area (Å²) in [4.78, 5) is 35.8. The summed E-state index contributed by atoms with van der Waals surface area (Å²) in [5.74, 6) is 1.50. The van der Waals surface area contributed by atoms with Crippen molar-refractivity contribution in [2.75, 3.05) is 50.6 Å². The van der Waals surface area contributed by atoms with Crippen molar-refractivity contribution in [3.8, 4) is 11.5 Å². The van der Waals surface area contributed by atoms with Crippen molar-refractivity contribution in [3.05, 3.63) is 77.5 Å². The Balaban J connectivity index is 1.34. The fraction of sp³-hybridized carbons (Fsp3) is 0.406. The average Bonchev–Trinajstić information content (AvgIpc) is 3.03. The number of benzene rings is 2. The van der Waals surface area contributed by atoms with Gasteiger partial charge >= 0.3 is 0 Å². The van der Waals surface area contributed by atoms with Crippen molar-refractivity contribution in [3.63, 3.8) is 0 Å². The topological polar surface area (TPSA) is 122 Å². The fourth-order valence-electron chi connectivity index (χ4n) is 5.65. The van der Waals surface area contributed by atoms with Gasteiger partial charge in [0.2, 0.25) is 0 Å². The number of piperazine rings is 1. The summed E-state index contributed by atoms with van der Waals surface area (Å²) in [6, 6.07) is 16.4. The van der Waals surface area contributed by atoms with Gasteiger partial charge in [-0.15, -0.1) is 0 Å². The Kier molecular flexibility index (Phi) is 9.55. The summed E-state index contributed by atoms with van der Waals surface area (Å²) in [7, 11) is 3.09. The minimum atomic E-state index is -0.302. The molecule has 1 aromatic heterocycles. The van der Waals surface area contributed by atoms with Crippen LogP contribution in [-0.2, 0) is 6.54 Å². The van der Waals surface area contributed by atoms with Crippen LogP contribution in [0.15, 0.2) is 60.8 Å². The third-order valence-electron chi connectivity index (χ3n) is 8.14. The Morgan fingerprint density at radius 3 is 2.36 bits per heavy atom. The number of amides is 2. The van der Waals surface area contributed by atoms with E-state index in [0.29, 0.717) is 34.9 Å². The van der Waals surface area contributed by atoms with Crippen LogP contribution in [0.5, 0.6) is 11.5 Å². The zero-order valence-corrected chi connectivity index (χ0v) is 24.3. The Morgan fingerprint density at radius 2 is 1.64 bits per heavy atom. The number of nitrogens with two attached hydrogens (primary N) is 1. The minimum Gasteiger partial charge on any atom is -0.493 e. The summed E-state index contributed by atoms with van der Waals surface area (Å²) in [6.07, 6.45) is 5.74. The third kappa shape index (κ3) is 7.00. The number of hydrogen-bond acceptors (Lipinski definition) is 8. The highest BCUT2D eigenvalue weighted by Crippen LogP contribution is 2.29. The molecule has 222 valence electrons. The molecule has 3 aromatic rings. The number of rotatable bonds is 9. The molecule has 2 heterocycles. The molecule has 0 bridgehead atoms.